The molecule has 2 saturated heterocycles. The Bertz CT molecular complexity index is 538. The molecule has 2 heterocycles. The third-order valence-electron chi connectivity index (χ3n) is 5.23. The molecule has 1 N–H and O–H groups in total. The highest BCUT2D eigenvalue weighted by Gasteiger charge is 2.27. The van der Waals surface area contributed by atoms with Crippen LogP contribution in [0.5, 0.6) is 5.75 Å². The number of hydrogen-bond donors (Lipinski definition) is 1. The molecule has 0 radical (unpaired) electrons. The van der Waals surface area contributed by atoms with Crippen LogP contribution in [0.25, 0.3) is 0 Å². The van der Waals surface area contributed by atoms with Crippen molar-refractivity contribution >= 4 is 23.5 Å². The molecule has 0 aliphatic carbocycles. The lowest BCUT2D eigenvalue weighted by atomic mass is 9.95. The van der Waals surface area contributed by atoms with E-state index in [9.17, 15) is 5.11 Å². The van der Waals surface area contributed by atoms with Crippen molar-refractivity contribution in [2.24, 2.45) is 5.92 Å². The summed E-state index contributed by atoms with van der Waals surface area (Å²) in [4.78, 5) is 3.61. The maximum Gasteiger partial charge on any atom is 0.131 e. The fourth-order valence-corrected chi connectivity index (χ4v) is 4.76. The van der Waals surface area contributed by atoms with Gasteiger partial charge in [-0.05, 0) is 81.3 Å². The van der Waals surface area contributed by atoms with Crippen LogP contribution >= 0.6 is 23.5 Å². The lowest BCUT2D eigenvalue weighted by Crippen LogP contribution is -2.46. The smallest absolute Gasteiger partial charge is 0.131 e. The van der Waals surface area contributed by atoms with E-state index in [1.54, 1.807) is 18.0 Å². The first-order valence-corrected chi connectivity index (χ1v) is 9.84. The largest absolute Gasteiger partial charge is 0.507 e. The summed E-state index contributed by atoms with van der Waals surface area (Å²) < 4.78 is 2.38. The Morgan fingerprint density at radius 3 is 2.39 bits per heavy atom. The van der Waals surface area contributed by atoms with E-state index >= 15 is 0 Å². The zero-order valence-electron chi connectivity index (χ0n) is 14.1. The van der Waals surface area contributed by atoms with Gasteiger partial charge in [-0.1, -0.05) is 18.5 Å². The summed E-state index contributed by atoms with van der Waals surface area (Å²) in [5, 5.41) is 10.7. The molecule has 128 valence electrons. The Labute approximate surface area is 149 Å². The van der Waals surface area contributed by atoms with Gasteiger partial charge in [0.05, 0.1) is 4.90 Å². The minimum atomic E-state index is 0.290. The predicted octanol–water partition coefficient (Wildman–Crippen LogP) is 4.56. The van der Waals surface area contributed by atoms with E-state index < -0.39 is 0 Å². The number of aryl methyl sites for hydroxylation is 1. The monoisotopic (exact) mass is 354 g/mol. The summed E-state index contributed by atoms with van der Waals surface area (Å²) in [6, 6.07) is 4.39. The molecule has 0 atom stereocenters. The summed E-state index contributed by atoms with van der Waals surface area (Å²) in [5.74, 6) is 1.19. The minimum absolute atomic E-state index is 0.290. The Kier molecular flexibility index (Phi) is 5.78. The minimum Gasteiger partial charge on any atom is -0.507 e. The first kappa shape index (κ1) is 17.4. The van der Waals surface area contributed by atoms with Crippen LogP contribution in [0.2, 0.25) is 5.02 Å². The van der Waals surface area contributed by atoms with Crippen LogP contribution in [0.1, 0.15) is 38.2 Å². The van der Waals surface area contributed by atoms with Gasteiger partial charge < -0.3 is 10.0 Å². The highest BCUT2D eigenvalue weighted by Crippen LogP contribution is 2.36. The number of halogens is 1. The quantitative estimate of drug-likeness (QED) is 0.805. The van der Waals surface area contributed by atoms with Gasteiger partial charge in [0.15, 0.2) is 0 Å². The van der Waals surface area contributed by atoms with Crippen molar-refractivity contribution in [2.75, 3.05) is 26.2 Å². The third kappa shape index (κ3) is 4.36. The van der Waals surface area contributed by atoms with Crippen LogP contribution in [0.4, 0.5) is 0 Å². The molecule has 0 saturated carbocycles. The zero-order valence-corrected chi connectivity index (χ0v) is 15.7. The van der Waals surface area contributed by atoms with E-state index in [-0.39, 0.29) is 5.75 Å². The molecule has 0 bridgehead atoms. The van der Waals surface area contributed by atoms with E-state index in [2.05, 4.69) is 16.1 Å². The first-order valence-electron chi connectivity index (χ1n) is 8.69. The molecule has 5 heteroatoms. The molecule has 3 nitrogen and oxygen atoms in total. The lowest BCUT2D eigenvalue weighted by molar-refractivity contribution is 0.103. The summed E-state index contributed by atoms with van der Waals surface area (Å²) in [7, 11) is 0. The van der Waals surface area contributed by atoms with E-state index in [1.807, 2.05) is 13.0 Å². The maximum absolute atomic E-state index is 10.1. The van der Waals surface area contributed by atoms with Gasteiger partial charge in [-0.15, -0.1) is 0 Å². The van der Waals surface area contributed by atoms with E-state index in [1.165, 1.54) is 38.8 Å². The summed E-state index contributed by atoms with van der Waals surface area (Å²) in [5.41, 5.74) is 1.02. The summed E-state index contributed by atoms with van der Waals surface area (Å²) in [6.07, 6.45) is 5.17. The number of benzene rings is 1. The number of phenolic OH excluding ortho intramolecular Hbond substituents is 1. The number of nitrogens with zero attached hydrogens (tertiary/aromatic N) is 2. The molecule has 0 amide bonds. The van der Waals surface area contributed by atoms with E-state index in [0.29, 0.717) is 5.02 Å². The second kappa shape index (κ2) is 7.64. The molecule has 2 aliphatic heterocycles. The Morgan fingerprint density at radius 2 is 1.74 bits per heavy atom. The van der Waals surface area contributed by atoms with Crippen molar-refractivity contribution in [1.29, 1.82) is 0 Å². The van der Waals surface area contributed by atoms with Gasteiger partial charge in [0.25, 0.3) is 0 Å². The lowest BCUT2D eigenvalue weighted by Gasteiger charge is -2.41. The first-order chi connectivity index (χ1) is 11.0. The molecule has 0 aromatic heterocycles. The molecule has 2 fully saturated rings. The normalized spacial score (nSPS) is 22.6. The number of rotatable bonds is 3. The van der Waals surface area contributed by atoms with Crippen LogP contribution < -0.4 is 0 Å². The van der Waals surface area contributed by atoms with Gasteiger partial charge in [-0.25, -0.2) is 4.31 Å². The molecule has 0 unspecified atom stereocenters. The van der Waals surface area contributed by atoms with Gasteiger partial charge in [0.1, 0.15) is 5.75 Å². The van der Waals surface area contributed by atoms with Gasteiger partial charge in [-0.2, -0.15) is 0 Å². The van der Waals surface area contributed by atoms with Crippen molar-refractivity contribution in [1.82, 2.24) is 9.21 Å². The molecule has 3 rings (SSSR count). The van der Waals surface area contributed by atoms with Crippen LogP contribution in [-0.2, 0) is 0 Å². The van der Waals surface area contributed by atoms with Crippen molar-refractivity contribution < 1.29 is 5.11 Å². The highest BCUT2D eigenvalue weighted by atomic mass is 35.5. The van der Waals surface area contributed by atoms with E-state index in [0.717, 1.165) is 35.5 Å². The summed E-state index contributed by atoms with van der Waals surface area (Å²) in [6.45, 7) is 9.07. The average Bonchev–Trinajstić information content (AvgIpc) is 2.54. The number of piperidine rings is 2. The fourth-order valence-electron chi connectivity index (χ4n) is 3.55. The number of aromatic hydroxyl groups is 1. The Balaban J connectivity index is 1.52. The summed E-state index contributed by atoms with van der Waals surface area (Å²) >= 11 is 7.72. The zero-order chi connectivity index (χ0) is 16.4. The molecule has 1 aromatic rings. The Morgan fingerprint density at radius 1 is 1.09 bits per heavy atom. The van der Waals surface area contributed by atoms with Crippen LogP contribution in [0.3, 0.4) is 0 Å². The number of hydrogen-bond acceptors (Lipinski definition) is 4. The van der Waals surface area contributed by atoms with Gasteiger partial charge in [-0.3, -0.25) is 0 Å². The Hall–Kier alpha value is -0.420. The van der Waals surface area contributed by atoms with Crippen molar-refractivity contribution in [3.05, 3.63) is 22.7 Å². The molecule has 1 aromatic carbocycles. The molecular weight excluding hydrogens is 328 g/mol. The van der Waals surface area contributed by atoms with Crippen molar-refractivity contribution in [3.63, 3.8) is 0 Å². The standard InChI is InChI=1S/C18H27ClN2OS/c1-13-3-7-20(8-4-13)15-5-9-21(10-6-15)23-18-11-14(2)16(19)12-17(18)22/h11-13,15,22H,3-10H2,1-2H3. The average molecular weight is 355 g/mol. The van der Waals surface area contributed by atoms with Crippen LogP contribution in [0.15, 0.2) is 17.0 Å². The molecular formula is C18H27ClN2OS. The third-order valence-corrected chi connectivity index (χ3v) is 6.78. The van der Waals surface area contributed by atoms with Gasteiger partial charge in [0, 0.05) is 24.2 Å². The molecule has 2 aliphatic rings. The maximum atomic E-state index is 10.1. The molecule has 23 heavy (non-hydrogen) atoms. The topological polar surface area (TPSA) is 26.7 Å². The number of likely N-dealkylation sites (tertiary alicyclic amines) is 1. The fraction of sp³-hybridized carbons (Fsp3) is 0.667. The van der Waals surface area contributed by atoms with Gasteiger partial charge in [0.2, 0.25) is 0 Å². The van der Waals surface area contributed by atoms with Crippen molar-refractivity contribution in [2.45, 2.75) is 50.5 Å². The van der Waals surface area contributed by atoms with Crippen LogP contribution in [-0.4, -0.2) is 46.5 Å². The highest BCUT2D eigenvalue weighted by molar-refractivity contribution is 7.97. The van der Waals surface area contributed by atoms with E-state index in [4.69, 9.17) is 11.6 Å². The van der Waals surface area contributed by atoms with Crippen molar-refractivity contribution in [3.8, 4) is 5.75 Å². The number of phenols is 1. The molecule has 0 spiro atoms. The second-order valence-electron chi connectivity index (χ2n) is 7.04. The predicted molar refractivity (Wildman–Crippen MR) is 98.3 cm³/mol. The van der Waals surface area contributed by atoms with Gasteiger partial charge >= 0.3 is 0 Å². The second-order valence-corrected chi connectivity index (χ2v) is 8.59. The van der Waals surface area contributed by atoms with Crippen LogP contribution in [0, 0.1) is 12.8 Å². The SMILES string of the molecule is Cc1cc(SN2CCC(N3CCC(C)CC3)CC2)c(O)cc1Cl.